The summed E-state index contributed by atoms with van der Waals surface area (Å²) in [4.78, 5) is 16.7. The number of hydrogen-bond acceptors (Lipinski definition) is 3. The number of amides is 1. The quantitative estimate of drug-likeness (QED) is 0.746. The van der Waals surface area contributed by atoms with Gasteiger partial charge in [0.2, 0.25) is 0 Å². The summed E-state index contributed by atoms with van der Waals surface area (Å²) >= 11 is 0. The van der Waals surface area contributed by atoms with Crippen LogP contribution in [-0.2, 0) is 4.74 Å². The Bertz CT molecular complexity index is 344. The number of likely N-dealkylation sites (N-methyl/N-ethyl adjacent to an activating group) is 1. The number of aromatic nitrogens is 1. The lowest BCUT2D eigenvalue weighted by Crippen LogP contribution is -2.30. The van der Waals surface area contributed by atoms with Crippen LogP contribution in [0.2, 0.25) is 0 Å². The Labute approximate surface area is 87.7 Å². The van der Waals surface area contributed by atoms with Crippen LogP contribution in [0.5, 0.6) is 0 Å². The van der Waals surface area contributed by atoms with Crippen molar-refractivity contribution >= 4 is 5.91 Å². The maximum absolute atomic E-state index is 13.2. The summed E-state index contributed by atoms with van der Waals surface area (Å²) in [7, 11) is 3.15. The number of hydrogen-bond donors (Lipinski definition) is 0. The van der Waals surface area contributed by atoms with Gasteiger partial charge in [0.15, 0.2) is 5.82 Å². The molecule has 0 aliphatic heterocycles. The first-order chi connectivity index (χ1) is 7.16. The van der Waals surface area contributed by atoms with Crippen LogP contribution >= 0.6 is 0 Å². The van der Waals surface area contributed by atoms with Crippen LogP contribution in [-0.4, -0.2) is 43.1 Å². The number of nitrogens with zero attached hydrogens (tertiary/aromatic N) is 2. The van der Waals surface area contributed by atoms with E-state index in [0.717, 1.165) is 6.20 Å². The summed E-state index contributed by atoms with van der Waals surface area (Å²) < 4.78 is 18.0. The monoisotopic (exact) mass is 212 g/mol. The van der Waals surface area contributed by atoms with Crippen LogP contribution in [0.15, 0.2) is 18.5 Å². The Kier molecular flexibility index (Phi) is 4.17. The lowest BCUT2D eigenvalue weighted by Gasteiger charge is -2.16. The number of halogens is 1. The van der Waals surface area contributed by atoms with Gasteiger partial charge in [-0.25, -0.2) is 4.39 Å². The standard InChI is InChI=1S/C10H13FN2O2/c1-13(5-6-15-2)10(14)8-3-4-12-7-9(8)11/h3-4,7H,5-6H2,1-2H3. The Hall–Kier alpha value is -1.49. The molecule has 0 unspecified atom stereocenters. The number of carbonyl (C=O) groups is 1. The van der Waals surface area contributed by atoms with Crippen molar-refractivity contribution < 1.29 is 13.9 Å². The minimum absolute atomic E-state index is 0.0311. The van der Waals surface area contributed by atoms with E-state index in [4.69, 9.17) is 4.74 Å². The lowest BCUT2D eigenvalue weighted by molar-refractivity contribution is 0.0739. The van der Waals surface area contributed by atoms with Crippen LogP contribution in [0.4, 0.5) is 4.39 Å². The first-order valence-corrected chi connectivity index (χ1v) is 4.50. The predicted molar refractivity (Wildman–Crippen MR) is 53.0 cm³/mol. The second-order valence-electron chi connectivity index (χ2n) is 3.08. The number of pyridine rings is 1. The molecule has 82 valence electrons. The zero-order valence-corrected chi connectivity index (χ0v) is 8.74. The summed E-state index contributed by atoms with van der Waals surface area (Å²) in [5, 5.41) is 0. The van der Waals surface area contributed by atoms with E-state index in [-0.39, 0.29) is 11.5 Å². The number of ether oxygens (including phenoxy) is 1. The largest absolute Gasteiger partial charge is 0.383 e. The van der Waals surface area contributed by atoms with Crippen LogP contribution in [0.3, 0.4) is 0 Å². The molecule has 1 rings (SSSR count). The molecule has 0 bridgehead atoms. The van der Waals surface area contributed by atoms with Crippen molar-refractivity contribution in [3.63, 3.8) is 0 Å². The lowest BCUT2D eigenvalue weighted by atomic mass is 10.2. The fraction of sp³-hybridized carbons (Fsp3) is 0.400. The number of rotatable bonds is 4. The fourth-order valence-electron chi connectivity index (χ4n) is 1.08. The Balaban J connectivity index is 2.72. The summed E-state index contributed by atoms with van der Waals surface area (Å²) in [6.45, 7) is 0.853. The molecule has 1 amide bonds. The number of methoxy groups -OCH3 is 1. The van der Waals surface area contributed by atoms with Crippen molar-refractivity contribution in [3.8, 4) is 0 Å². The van der Waals surface area contributed by atoms with E-state index in [1.165, 1.54) is 17.2 Å². The minimum Gasteiger partial charge on any atom is -0.383 e. The van der Waals surface area contributed by atoms with E-state index in [2.05, 4.69) is 4.98 Å². The molecule has 15 heavy (non-hydrogen) atoms. The van der Waals surface area contributed by atoms with Crippen LogP contribution < -0.4 is 0 Å². The van der Waals surface area contributed by atoms with Crippen molar-refractivity contribution in [2.45, 2.75) is 0 Å². The van der Waals surface area contributed by atoms with Crippen molar-refractivity contribution in [1.82, 2.24) is 9.88 Å². The SMILES string of the molecule is COCCN(C)C(=O)c1ccncc1F. The predicted octanol–water partition coefficient (Wildman–Crippen LogP) is 0.939. The molecule has 0 N–H and O–H groups in total. The normalized spacial score (nSPS) is 10.1. The van der Waals surface area contributed by atoms with Gasteiger partial charge in [-0.15, -0.1) is 0 Å². The first kappa shape index (κ1) is 11.6. The number of carbonyl (C=O) groups excluding carboxylic acids is 1. The van der Waals surface area contributed by atoms with Gasteiger partial charge in [-0.3, -0.25) is 9.78 Å². The summed E-state index contributed by atoms with van der Waals surface area (Å²) in [5.41, 5.74) is 0.0311. The molecule has 0 aliphatic rings. The van der Waals surface area contributed by atoms with Gasteiger partial charge in [0.1, 0.15) is 0 Å². The maximum Gasteiger partial charge on any atom is 0.256 e. The van der Waals surface area contributed by atoms with Crippen LogP contribution in [0.1, 0.15) is 10.4 Å². The van der Waals surface area contributed by atoms with Gasteiger partial charge in [0, 0.05) is 26.9 Å². The third kappa shape index (κ3) is 2.99. The molecule has 1 aromatic rings. The molecule has 0 aromatic carbocycles. The highest BCUT2D eigenvalue weighted by atomic mass is 19.1. The topological polar surface area (TPSA) is 42.4 Å². The molecule has 1 heterocycles. The highest BCUT2D eigenvalue weighted by Gasteiger charge is 2.15. The zero-order valence-electron chi connectivity index (χ0n) is 8.74. The van der Waals surface area contributed by atoms with Crippen LogP contribution in [0, 0.1) is 5.82 Å². The summed E-state index contributed by atoms with van der Waals surface area (Å²) in [6, 6.07) is 1.36. The molecule has 0 atom stereocenters. The molecule has 0 saturated carbocycles. The van der Waals surface area contributed by atoms with Gasteiger partial charge in [0.25, 0.3) is 5.91 Å². The average molecular weight is 212 g/mol. The van der Waals surface area contributed by atoms with Gasteiger partial charge < -0.3 is 9.64 Å². The van der Waals surface area contributed by atoms with E-state index in [9.17, 15) is 9.18 Å². The molecule has 0 radical (unpaired) electrons. The van der Waals surface area contributed by atoms with E-state index in [0.29, 0.717) is 13.2 Å². The van der Waals surface area contributed by atoms with E-state index in [1.807, 2.05) is 0 Å². The molecule has 0 fully saturated rings. The molecule has 5 heteroatoms. The molecule has 1 aromatic heterocycles. The summed E-state index contributed by atoms with van der Waals surface area (Å²) in [5.74, 6) is -0.973. The van der Waals surface area contributed by atoms with Crippen molar-refractivity contribution in [1.29, 1.82) is 0 Å². The molecular weight excluding hydrogens is 199 g/mol. The fourth-order valence-corrected chi connectivity index (χ4v) is 1.08. The van der Waals surface area contributed by atoms with Crippen LogP contribution in [0.25, 0.3) is 0 Å². The third-order valence-corrected chi connectivity index (χ3v) is 1.98. The van der Waals surface area contributed by atoms with E-state index in [1.54, 1.807) is 14.2 Å². The molecule has 0 saturated heterocycles. The molecule has 0 aliphatic carbocycles. The highest BCUT2D eigenvalue weighted by molar-refractivity contribution is 5.94. The smallest absolute Gasteiger partial charge is 0.256 e. The minimum atomic E-state index is -0.605. The Morgan fingerprint density at radius 2 is 2.40 bits per heavy atom. The van der Waals surface area contributed by atoms with Gasteiger partial charge >= 0.3 is 0 Å². The van der Waals surface area contributed by atoms with E-state index >= 15 is 0 Å². The third-order valence-electron chi connectivity index (χ3n) is 1.98. The van der Waals surface area contributed by atoms with Gasteiger partial charge in [0.05, 0.1) is 18.4 Å². The van der Waals surface area contributed by atoms with Gasteiger partial charge in [-0.1, -0.05) is 0 Å². The zero-order chi connectivity index (χ0) is 11.3. The molecule has 0 spiro atoms. The Morgan fingerprint density at radius 1 is 1.67 bits per heavy atom. The first-order valence-electron chi connectivity index (χ1n) is 4.50. The Morgan fingerprint density at radius 3 is 3.00 bits per heavy atom. The highest BCUT2D eigenvalue weighted by Crippen LogP contribution is 2.07. The maximum atomic E-state index is 13.2. The second-order valence-corrected chi connectivity index (χ2v) is 3.08. The van der Waals surface area contributed by atoms with Gasteiger partial charge in [-0.05, 0) is 6.07 Å². The summed E-state index contributed by atoms with van der Waals surface area (Å²) in [6.07, 6.45) is 2.41. The van der Waals surface area contributed by atoms with Crippen molar-refractivity contribution in [3.05, 3.63) is 29.8 Å². The molecule has 4 nitrogen and oxygen atoms in total. The van der Waals surface area contributed by atoms with Crippen molar-refractivity contribution in [2.24, 2.45) is 0 Å². The van der Waals surface area contributed by atoms with Crippen molar-refractivity contribution in [2.75, 3.05) is 27.3 Å². The van der Waals surface area contributed by atoms with Gasteiger partial charge in [-0.2, -0.15) is 0 Å². The average Bonchev–Trinajstić information content (AvgIpc) is 2.25. The second kappa shape index (κ2) is 5.41. The molecular formula is C10H13FN2O2. The van der Waals surface area contributed by atoms with E-state index < -0.39 is 5.82 Å².